The van der Waals surface area contributed by atoms with Gasteiger partial charge in [0.25, 0.3) is 5.91 Å². The lowest BCUT2D eigenvalue weighted by Gasteiger charge is -2.11. The first-order valence-electron chi connectivity index (χ1n) is 9.55. The Labute approximate surface area is 194 Å². The van der Waals surface area contributed by atoms with E-state index in [1.165, 1.54) is 26.5 Å². The topological polar surface area (TPSA) is 86.2 Å². The van der Waals surface area contributed by atoms with Gasteiger partial charge in [0.1, 0.15) is 5.75 Å². The van der Waals surface area contributed by atoms with E-state index in [1.807, 2.05) is 19.1 Å². The Balaban J connectivity index is 1.76. The van der Waals surface area contributed by atoms with Crippen LogP contribution >= 0.6 is 15.9 Å². The molecule has 3 rings (SSSR count). The lowest BCUT2D eigenvalue weighted by Crippen LogP contribution is -2.17. The quantitative estimate of drug-likeness (QED) is 0.220. The molecule has 0 saturated carbocycles. The summed E-state index contributed by atoms with van der Waals surface area (Å²) in [5.41, 5.74) is 4.80. The van der Waals surface area contributed by atoms with E-state index in [2.05, 4.69) is 26.5 Å². The van der Waals surface area contributed by atoms with Gasteiger partial charge in [-0.05, 0) is 55.5 Å². The maximum absolute atomic E-state index is 12.7. The van der Waals surface area contributed by atoms with Crippen molar-refractivity contribution in [2.24, 2.45) is 5.10 Å². The standard InChI is InChI=1S/C24H21BrN2O5/c1-15-4-6-16(7-5-15)23(28)27-26-14-18-12-19(25)9-11-20(18)32-24(29)17-8-10-21(30-2)22(13-17)31-3/h4-14H,1-3H3,(H,27,28)/b26-14+. The first kappa shape index (κ1) is 23.0. The minimum absolute atomic E-state index is 0.279. The zero-order chi connectivity index (χ0) is 23.1. The van der Waals surface area contributed by atoms with Gasteiger partial charge in [-0.2, -0.15) is 5.10 Å². The molecule has 0 heterocycles. The third-order valence-electron chi connectivity index (χ3n) is 4.48. The van der Waals surface area contributed by atoms with Crippen LogP contribution in [0, 0.1) is 6.92 Å². The molecule has 0 saturated heterocycles. The van der Waals surface area contributed by atoms with E-state index < -0.39 is 5.97 Å². The fraction of sp³-hybridized carbons (Fsp3) is 0.125. The Morgan fingerprint density at radius 1 is 0.875 bits per heavy atom. The summed E-state index contributed by atoms with van der Waals surface area (Å²) in [6.07, 6.45) is 1.41. The molecular formula is C24H21BrN2O5. The second-order valence-corrected chi connectivity index (χ2v) is 7.62. The molecule has 164 valence electrons. The number of carbonyl (C=O) groups excluding carboxylic acids is 2. The van der Waals surface area contributed by atoms with Gasteiger partial charge in [-0.15, -0.1) is 0 Å². The summed E-state index contributed by atoms with van der Waals surface area (Å²) in [7, 11) is 3.00. The van der Waals surface area contributed by atoms with Crippen LogP contribution < -0.4 is 19.6 Å². The number of rotatable bonds is 7. The van der Waals surface area contributed by atoms with Gasteiger partial charge >= 0.3 is 5.97 Å². The molecule has 0 atom stereocenters. The largest absolute Gasteiger partial charge is 0.493 e. The molecule has 3 aromatic rings. The van der Waals surface area contributed by atoms with E-state index in [1.54, 1.807) is 42.5 Å². The van der Waals surface area contributed by atoms with Crippen LogP contribution in [0.15, 0.2) is 70.2 Å². The predicted octanol–water partition coefficient (Wildman–Crippen LogP) is 4.76. The van der Waals surface area contributed by atoms with Crippen molar-refractivity contribution in [1.29, 1.82) is 0 Å². The third-order valence-corrected chi connectivity index (χ3v) is 4.97. The first-order chi connectivity index (χ1) is 15.4. The number of aryl methyl sites for hydroxylation is 1. The van der Waals surface area contributed by atoms with Crippen LogP contribution in [0.2, 0.25) is 0 Å². The number of amides is 1. The Morgan fingerprint density at radius 3 is 2.22 bits per heavy atom. The van der Waals surface area contributed by atoms with Crippen molar-refractivity contribution >= 4 is 34.0 Å². The molecule has 0 radical (unpaired) electrons. The number of benzene rings is 3. The van der Waals surface area contributed by atoms with E-state index in [9.17, 15) is 9.59 Å². The van der Waals surface area contributed by atoms with E-state index in [0.29, 0.717) is 28.2 Å². The average Bonchev–Trinajstić information content (AvgIpc) is 2.80. The third kappa shape index (κ3) is 5.73. The fourth-order valence-corrected chi connectivity index (χ4v) is 3.14. The molecule has 0 unspecified atom stereocenters. The summed E-state index contributed by atoms with van der Waals surface area (Å²) in [5, 5.41) is 4.00. The number of hydrazone groups is 1. The van der Waals surface area contributed by atoms with Crippen LogP contribution in [0.3, 0.4) is 0 Å². The van der Waals surface area contributed by atoms with Gasteiger partial charge in [0.05, 0.1) is 26.0 Å². The second-order valence-electron chi connectivity index (χ2n) is 6.71. The van der Waals surface area contributed by atoms with Crippen molar-refractivity contribution in [1.82, 2.24) is 5.43 Å². The summed E-state index contributed by atoms with van der Waals surface area (Å²) in [6.45, 7) is 1.94. The number of nitrogens with one attached hydrogen (secondary N) is 1. The van der Waals surface area contributed by atoms with Gasteiger partial charge in [-0.3, -0.25) is 4.79 Å². The van der Waals surface area contributed by atoms with Gasteiger partial charge in [-0.25, -0.2) is 10.2 Å². The van der Waals surface area contributed by atoms with Crippen LogP contribution in [-0.4, -0.2) is 32.3 Å². The highest BCUT2D eigenvalue weighted by Crippen LogP contribution is 2.29. The molecule has 0 aliphatic rings. The number of carbonyl (C=O) groups is 2. The number of methoxy groups -OCH3 is 2. The van der Waals surface area contributed by atoms with Gasteiger partial charge < -0.3 is 14.2 Å². The smallest absolute Gasteiger partial charge is 0.343 e. The number of hydrogen-bond acceptors (Lipinski definition) is 6. The van der Waals surface area contributed by atoms with Crippen molar-refractivity contribution in [3.8, 4) is 17.2 Å². The number of ether oxygens (including phenoxy) is 3. The highest BCUT2D eigenvalue weighted by Gasteiger charge is 2.15. The lowest BCUT2D eigenvalue weighted by atomic mass is 10.1. The molecule has 0 spiro atoms. The van der Waals surface area contributed by atoms with Crippen LogP contribution in [0.1, 0.15) is 31.8 Å². The first-order valence-corrected chi connectivity index (χ1v) is 10.3. The summed E-state index contributed by atoms with van der Waals surface area (Å²) in [5.74, 6) is 0.274. The van der Waals surface area contributed by atoms with Crippen LogP contribution in [-0.2, 0) is 0 Å². The van der Waals surface area contributed by atoms with Crippen molar-refractivity contribution < 1.29 is 23.8 Å². The van der Waals surface area contributed by atoms with Crippen molar-refractivity contribution in [3.05, 3.63) is 87.4 Å². The molecule has 0 bridgehead atoms. The zero-order valence-electron chi connectivity index (χ0n) is 17.7. The highest BCUT2D eigenvalue weighted by atomic mass is 79.9. The molecule has 32 heavy (non-hydrogen) atoms. The fourth-order valence-electron chi connectivity index (χ4n) is 2.77. The van der Waals surface area contributed by atoms with Crippen LogP contribution in [0.25, 0.3) is 0 Å². The molecular weight excluding hydrogens is 476 g/mol. The van der Waals surface area contributed by atoms with Crippen molar-refractivity contribution in [2.45, 2.75) is 6.92 Å². The predicted molar refractivity (Wildman–Crippen MR) is 125 cm³/mol. The molecule has 0 aromatic heterocycles. The Bertz CT molecular complexity index is 1160. The molecule has 0 aliphatic carbocycles. The summed E-state index contributed by atoms with van der Waals surface area (Å²) in [4.78, 5) is 24.9. The van der Waals surface area contributed by atoms with Gasteiger partial charge in [-0.1, -0.05) is 33.6 Å². The summed E-state index contributed by atoms with van der Waals surface area (Å²) >= 11 is 3.39. The molecule has 7 nitrogen and oxygen atoms in total. The van der Waals surface area contributed by atoms with E-state index in [-0.39, 0.29) is 11.7 Å². The van der Waals surface area contributed by atoms with Gasteiger partial charge in [0.2, 0.25) is 0 Å². The molecule has 0 aliphatic heterocycles. The molecule has 8 heteroatoms. The summed E-state index contributed by atoms with van der Waals surface area (Å²) < 4.78 is 16.7. The maximum atomic E-state index is 12.7. The Kier molecular flexibility index (Phi) is 7.62. The maximum Gasteiger partial charge on any atom is 0.343 e. The van der Waals surface area contributed by atoms with Crippen LogP contribution in [0.5, 0.6) is 17.2 Å². The monoisotopic (exact) mass is 496 g/mol. The normalized spacial score (nSPS) is 10.6. The highest BCUT2D eigenvalue weighted by molar-refractivity contribution is 9.10. The number of esters is 1. The summed E-state index contributed by atoms with van der Waals surface area (Å²) in [6, 6.07) is 17.0. The molecule has 3 aromatic carbocycles. The Hall–Kier alpha value is -3.65. The van der Waals surface area contributed by atoms with Gasteiger partial charge in [0.15, 0.2) is 11.5 Å². The van der Waals surface area contributed by atoms with E-state index >= 15 is 0 Å². The van der Waals surface area contributed by atoms with Crippen molar-refractivity contribution in [2.75, 3.05) is 14.2 Å². The second kappa shape index (κ2) is 10.6. The van der Waals surface area contributed by atoms with Gasteiger partial charge in [0, 0.05) is 15.6 Å². The molecule has 1 amide bonds. The average molecular weight is 497 g/mol. The van der Waals surface area contributed by atoms with E-state index in [4.69, 9.17) is 14.2 Å². The SMILES string of the molecule is COc1ccc(C(=O)Oc2ccc(Br)cc2/C=N/NC(=O)c2ccc(C)cc2)cc1OC. The Morgan fingerprint density at radius 2 is 1.53 bits per heavy atom. The minimum Gasteiger partial charge on any atom is -0.493 e. The van der Waals surface area contributed by atoms with Crippen molar-refractivity contribution in [3.63, 3.8) is 0 Å². The molecule has 1 N–H and O–H groups in total. The number of hydrogen-bond donors (Lipinski definition) is 1. The van der Waals surface area contributed by atoms with E-state index in [0.717, 1.165) is 10.0 Å². The number of halogens is 1. The molecule has 0 fully saturated rings. The minimum atomic E-state index is -0.577. The zero-order valence-corrected chi connectivity index (χ0v) is 19.3. The lowest BCUT2D eigenvalue weighted by molar-refractivity contribution is 0.0733. The van der Waals surface area contributed by atoms with Crippen LogP contribution in [0.4, 0.5) is 0 Å². The number of nitrogens with zero attached hydrogens (tertiary/aromatic N) is 1.